The molecule has 0 radical (unpaired) electrons. The number of hydrogen-bond donors (Lipinski definition) is 2. The monoisotopic (exact) mass is 266 g/mol. The first-order chi connectivity index (χ1) is 8.49. The van der Waals surface area contributed by atoms with Gasteiger partial charge in [0.25, 0.3) is 0 Å². The predicted octanol–water partition coefficient (Wildman–Crippen LogP) is 1.91. The average Bonchev–Trinajstić information content (AvgIpc) is 2.28. The SMILES string of the molecule is CC(=O)c1cccc(NC(=O)CSCC(C)N)c1. The van der Waals surface area contributed by atoms with Crippen LogP contribution in [0.4, 0.5) is 5.69 Å². The molecule has 4 nitrogen and oxygen atoms in total. The number of benzene rings is 1. The Morgan fingerprint density at radius 1 is 1.44 bits per heavy atom. The minimum absolute atomic E-state index is 0.0163. The summed E-state index contributed by atoms with van der Waals surface area (Å²) in [4.78, 5) is 22.8. The van der Waals surface area contributed by atoms with E-state index in [0.29, 0.717) is 17.0 Å². The average molecular weight is 266 g/mol. The molecule has 0 aliphatic heterocycles. The molecule has 1 aromatic rings. The number of amides is 1. The van der Waals surface area contributed by atoms with Crippen LogP contribution in [0.3, 0.4) is 0 Å². The molecule has 1 amide bonds. The van der Waals surface area contributed by atoms with Gasteiger partial charge in [-0.15, -0.1) is 0 Å². The van der Waals surface area contributed by atoms with Gasteiger partial charge in [0.2, 0.25) is 5.91 Å². The second-order valence-corrected chi connectivity index (χ2v) is 5.21. The second kappa shape index (κ2) is 7.18. The van der Waals surface area contributed by atoms with E-state index in [1.807, 2.05) is 6.92 Å². The van der Waals surface area contributed by atoms with Gasteiger partial charge >= 0.3 is 0 Å². The van der Waals surface area contributed by atoms with Crippen LogP contribution in [0, 0.1) is 0 Å². The van der Waals surface area contributed by atoms with Crippen molar-refractivity contribution in [3.63, 3.8) is 0 Å². The summed E-state index contributed by atoms with van der Waals surface area (Å²) in [6.45, 7) is 3.40. The summed E-state index contributed by atoms with van der Waals surface area (Å²) in [5.74, 6) is 1.02. The van der Waals surface area contributed by atoms with Crippen LogP contribution >= 0.6 is 11.8 Å². The van der Waals surface area contributed by atoms with Crippen molar-refractivity contribution >= 4 is 29.1 Å². The van der Waals surface area contributed by atoms with E-state index in [2.05, 4.69) is 5.32 Å². The number of anilines is 1. The molecular formula is C13H18N2O2S. The van der Waals surface area contributed by atoms with E-state index in [0.717, 1.165) is 5.75 Å². The highest BCUT2D eigenvalue weighted by Gasteiger charge is 2.05. The van der Waals surface area contributed by atoms with Crippen LogP contribution in [-0.4, -0.2) is 29.2 Å². The van der Waals surface area contributed by atoms with E-state index in [1.165, 1.54) is 18.7 Å². The van der Waals surface area contributed by atoms with Gasteiger partial charge in [-0.05, 0) is 26.0 Å². The largest absolute Gasteiger partial charge is 0.327 e. The maximum absolute atomic E-state index is 11.6. The van der Waals surface area contributed by atoms with Crippen LogP contribution in [0.1, 0.15) is 24.2 Å². The molecule has 1 atom stereocenters. The molecule has 1 unspecified atom stereocenters. The summed E-state index contributed by atoms with van der Waals surface area (Å²) < 4.78 is 0. The maximum Gasteiger partial charge on any atom is 0.234 e. The van der Waals surface area contributed by atoms with Crippen LogP contribution in [0.25, 0.3) is 0 Å². The number of carbonyl (C=O) groups excluding carboxylic acids is 2. The number of Topliss-reactive ketones (excluding diaryl/α,β-unsaturated/α-hetero) is 1. The quantitative estimate of drug-likeness (QED) is 0.771. The first-order valence-corrected chi connectivity index (χ1v) is 6.88. The van der Waals surface area contributed by atoms with Crippen LogP contribution in [0.2, 0.25) is 0 Å². The molecule has 0 bridgehead atoms. The normalized spacial score (nSPS) is 11.9. The van der Waals surface area contributed by atoms with Crippen LogP contribution in [0.15, 0.2) is 24.3 Å². The third-order valence-electron chi connectivity index (χ3n) is 2.17. The van der Waals surface area contributed by atoms with E-state index < -0.39 is 0 Å². The van der Waals surface area contributed by atoms with Gasteiger partial charge in [0.05, 0.1) is 5.75 Å². The van der Waals surface area contributed by atoms with E-state index in [4.69, 9.17) is 5.73 Å². The highest BCUT2D eigenvalue weighted by molar-refractivity contribution is 8.00. The molecule has 0 saturated heterocycles. The Bertz CT molecular complexity index is 433. The van der Waals surface area contributed by atoms with Crippen molar-refractivity contribution < 1.29 is 9.59 Å². The first kappa shape index (κ1) is 14.7. The number of nitrogens with two attached hydrogens (primary N) is 1. The van der Waals surface area contributed by atoms with Crippen LogP contribution < -0.4 is 11.1 Å². The molecule has 98 valence electrons. The Morgan fingerprint density at radius 2 is 2.17 bits per heavy atom. The molecule has 0 heterocycles. The zero-order valence-electron chi connectivity index (χ0n) is 10.6. The van der Waals surface area contributed by atoms with Gasteiger partial charge in [-0.2, -0.15) is 11.8 Å². The molecule has 1 aromatic carbocycles. The Morgan fingerprint density at radius 3 is 2.78 bits per heavy atom. The van der Waals surface area contributed by atoms with Crippen LogP contribution in [-0.2, 0) is 4.79 Å². The molecule has 18 heavy (non-hydrogen) atoms. The first-order valence-electron chi connectivity index (χ1n) is 5.73. The zero-order valence-corrected chi connectivity index (χ0v) is 11.4. The number of carbonyl (C=O) groups is 2. The van der Waals surface area contributed by atoms with E-state index >= 15 is 0 Å². The summed E-state index contributed by atoms with van der Waals surface area (Å²) in [6.07, 6.45) is 0. The van der Waals surface area contributed by atoms with Gasteiger partial charge in [0, 0.05) is 23.0 Å². The Hall–Kier alpha value is -1.33. The Balaban J connectivity index is 2.49. The fourth-order valence-corrected chi connectivity index (χ4v) is 2.10. The number of rotatable bonds is 6. The molecule has 0 aliphatic carbocycles. The number of hydrogen-bond acceptors (Lipinski definition) is 4. The van der Waals surface area contributed by atoms with E-state index in [9.17, 15) is 9.59 Å². The van der Waals surface area contributed by atoms with Gasteiger partial charge < -0.3 is 11.1 Å². The summed E-state index contributed by atoms with van der Waals surface area (Å²) >= 11 is 1.50. The van der Waals surface area contributed by atoms with Gasteiger partial charge in [-0.3, -0.25) is 9.59 Å². The molecule has 0 fully saturated rings. The molecule has 0 saturated carbocycles. The van der Waals surface area contributed by atoms with E-state index in [-0.39, 0.29) is 17.7 Å². The van der Waals surface area contributed by atoms with Crippen molar-refractivity contribution in [2.45, 2.75) is 19.9 Å². The zero-order chi connectivity index (χ0) is 13.5. The minimum atomic E-state index is -0.0821. The third-order valence-corrected chi connectivity index (χ3v) is 3.39. The van der Waals surface area contributed by atoms with Crippen molar-refractivity contribution in [3.05, 3.63) is 29.8 Å². The lowest BCUT2D eigenvalue weighted by Crippen LogP contribution is -2.20. The Kier molecular flexibility index (Phi) is 5.88. The smallest absolute Gasteiger partial charge is 0.234 e. The van der Waals surface area contributed by atoms with E-state index in [1.54, 1.807) is 24.3 Å². The molecule has 3 N–H and O–H groups in total. The molecule has 0 spiro atoms. The third kappa shape index (κ3) is 5.33. The summed E-state index contributed by atoms with van der Waals surface area (Å²) in [5.41, 5.74) is 6.84. The minimum Gasteiger partial charge on any atom is -0.327 e. The second-order valence-electron chi connectivity index (χ2n) is 4.18. The van der Waals surface area contributed by atoms with Crippen molar-refractivity contribution in [2.75, 3.05) is 16.8 Å². The summed E-state index contributed by atoms with van der Waals surface area (Å²) in [7, 11) is 0. The number of ketones is 1. The lowest BCUT2D eigenvalue weighted by atomic mass is 10.1. The molecule has 1 rings (SSSR count). The lowest BCUT2D eigenvalue weighted by Gasteiger charge is -2.07. The van der Waals surface area contributed by atoms with Crippen molar-refractivity contribution in [1.82, 2.24) is 0 Å². The Labute approximate surface area is 111 Å². The van der Waals surface area contributed by atoms with Gasteiger partial charge in [0.15, 0.2) is 5.78 Å². The van der Waals surface area contributed by atoms with Crippen LogP contribution in [0.5, 0.6) is 0 Å². The van der Waals surface area contributed by atoms with Crippen molar-refractivity contribution in [2.24, 2.45) is 5.73 Å². The standard InChI is InChI=1S/C13H18N2O2S/c1-9(14)7-18-8-13(17)15-12-5-3-4-11(6-12)10(2)16/h3-6,9H,7-8,14H2,1-2H3,(H,15,17). The molecule has 0 aliphatic rings. The van der Waals surface area contributed by atoms with Gasteiger partial charge in [0.1, 0.15) is 0 Å². The molecule has 0 aromatic heterocycles. The number of thioether (sulfide) groups is 1. The van der Waals surface area contributed by atoms with Gasteiger partial charge in [-0.1, -0.05) is 12.1 Å². The lowest BCUT2D eigenvalue weighted by molar-refractivity contribution is -0.113. The van der Waals surface area contributed by atoms with Crippen molar-refractivity contribution in [3.8, 4) is 0 Å². The molecular weight excluding hydrogens is 248 g/mol. The summed E-state index contributed by atoms with van der Waals surface area (Å²) in [5, 5.41) is 2.76. The number of nitrogens with one attached hydrogen (secondary N) is 1. The van der Waals surface area contributed by atoms with Gasteiger partial charge in [-0.25, -0.2) is 0 Å². The fraction of sp³-hybridized carbons (Fsp3) is 0.385. The maximum atomic E-state index is 11.6. The molecule has 5 heteroatoms. The fourth-order valence-electron chi connectivity index (χ4n) is 1.35. The topological polar surface area (TPSA) is 72.2 Å². The predicted molar refractivity (Wildman–Crippen MR) is 76.1 cm³/mol. The summed E-state index contributed by atoms with van der Waals surface area (Å²) in [6, 6.07) is 7.00. The highest BCUT2D eigenvalue weighted by Crippen LogP contribution is 2.12. The van der Waals surface area contributed by atoms with Crippen molar-refractivity contribution in [1.29, 1.82) is 0 Å². The highest BCUT2D eigenvalue weighted by atomic mass is 32.2.